The fraction of sp³-hybridized carbons (Fsp3) is 0.458. The molecule has 1 saturated heterocycles. The molecule has 0 spiro atoms. The molecule has 1 fully saturated rings. The van der Waals surface area contributed by atoms with Crippen molar-refractivity contribution >= 4 is 48.0 Å². The molecule has 3 aromatic rings. The number of sulfone groups is 1. The number of H-pyrrole nitrogens is 1. The molecule has 196 valence electrons. The standard InChI is InChI=1S/C24H31N3O6S3/c1-2-17(14-28)27-36(32,33)10-7-18-3-4-22(34-18)16-11-19-21(15-5-8-35(30,31)9-6-15)13-26-23(19)20(12-16)24(25)29/h3-4,11-13,15,17,26-28H,2,5-10,14H2,1H3,(H2,25,29)/t17-/m0/s1. The van der Waals surface area contributed by atoms with Crippen molar-refractivity contribution in [3.05, 3.63) is 46.5 Å². The second kappa shape index (κ2) is 10.6. The van der Waals surface area contributed by atoms with E-state index in [1.165, 1.54) is 11.3 Å². The van der Waals surface area contributed by atoms with Crippen molar-refractivity contribution in [2.45, 2.75) is 44.6 Å². The van der Waals surface area contributed by atoms with Gasteiger partial charge >= 0.3 is 0 Å². The average molecular weight is 554 g/mol. The Labute approximate surface area is 215 Å². The van der Waals surface area contributed by atoms with Crippen LogP contribution in [0.2, 0.25) is 0 Å². The van der Waals surface area contributed by atoms with E-state index in [0.29, 0.717) is 36.8 Å². The first kappa shape index (κ1) is 26.8. The van der Waals surface area contributed by atoms with Gasteiger partial charge in [0.1, 0.15) is 9.84 Å². The monoisotopic (exact) mass is 553 g/mol. The minimum atomic E-state index is -3.54. The lowest BCUT2D eigenvalue weighted by Crippen LogP contribution is -2.38. The van der Waals surface area contributed by atoms with Gasteiger partial charge in [-0.1, -0.05) is 6.92 Å². The largest absolute Gasteiger partial charge is 0.395 e. The molecule has 4 rings (SSSR count). The molecule has 1 aliphatic rings. The van der Waals surface area contributed by atoms with Gasteiger partial charge in [0.25, 0.3) is 5.91 Å². The molecule has 1 amide bonds. The number of aliphatic hydroxyl groups excluding tert-OH is 1. The summed E-state index contributed by atoms with van der Waals surface area (Å²) in [6.07, 6.45) is 3.73. The van der Waals surface area contributed by atoms with E-state index in [1.54, 1.807) is 13.0 Å². The maximum Gasteiger partial charge on any atom is 0.250 e. The second-order valence-electron chi connectivity index (χ2n) is 9.22. The number of aromatic amines is 1. The second-order valence-corrected chi connectivity index (χ2v) is 14.6. The van der Waals surface area contributed by atoms with E-state index >= 15 is 0 Å². The van der Waals surface area contributed by atoms with Gasteiger partial charge in [-0.25, -0.2) is 21.6 Å². The lowest BCUT2D eigenvalue weighted by atomic mass is 9.91. The van der Waals surface area contributed by atoms with Crippen LogP contribution >= 0.6 is 11.3 Å². The molecule has 1 atom stereocenters. The molecule has 0 aliphatic carbocycles. The maximum absolute atomic E-state index is 12.4. The summed E-state index contributed by atoms with van der Waals surface area (Å²) < 4.78 is 51.0. The summed E-state index contributed by atoms with van der Waals surface area (Å²) in [7, 11) is -6.53. The zero-order chi connectivity index (χ0) is 26.1. The maximum atomic E-state index is 12.4. The Kier molecular flexibility index (Phi) is 7.91. The number of nitrogens with two attached hydrogens (primary N) is 1. The Morgan fingerprint density at radius 3 is 2.64 bits per heavy atom. The van der Waals surface area contributed by atoms with Crippen LogP contribution < -0.4 is 10.5 Å². The first-order valence-electron chi connectivity index (χ1n) is 11.9. The van der Waals surface area contributed by atoms with Crippen LogP contribution in [0, 0.1) is 0 Å². The fourth-order valence-electron chi connectivity index (χ4n) is 4.59. The highest BCUT2D eigenvalue weighted by atomic mass is 32.2. The number of hydrogen-bond donors (Lipinski definition) is 4. The van der Waals surface area contributed by atoms with Crippen molar-refractivity contribution in [3.8, 4) is 10.4 Å². The van der Waals surface area contributed by atoms with Crippen LogP contribution in [0.1, 0.15) is 52.9 Å². The summed E-state index contributed by atoms with van der Waals surface area (Å²) in [5.74, 6) is -0.293. The lowest BCUT2D eigenvalue weighted by molar-refractivity contribution is 0.100. The predicted molar refractivity (Wildman–Crippen MR) is 143 cm³/mol. The van der Waals surface area contributed by atoms with E-state index in [2.05, 4.69) is 9.71 Å². The number of benzene rings is 1. The lowest BCUT2D eigenvalue weighted by Gasteiger charge is -2.21. The van der Waals surface area contributed by atoms with Gasteiger partial charge < -0.3 is 15.8 Å². The summed E-state index contributed by atoms with van der Waals surface area (Å²) in [5, 5.41) is 10.1. The van der Waals surface area contributed by atoms with Crippen molar-refractivity contribution in [3.63, 3.8) is 0 Å². The number of aliphatic hydroxyl groups is 1. The van der Waals surface area contributed by atoms with Gasteiger partial charge in [0.15, 0.2) is 0 Å². The van der Waals surface area contributed by atoms with E-state index in [4.69, 9.17) is 5.73 Å². The molecule has 2 aromatic heterocycles. The number of nitrogens with one attached hydrogen (secondary N) is 2. The highest BCUT2D eigenvalue weighted by molar-refractivity contribution is 7.91. The highest BCUT2D eigenvalue weighted by Crippen LogP contribution is 2.38. The number of carbonyl (C=O) groups is 1. The van der Waals surface area contributed by atoms with Gasteiger partial charge in [-0.3, -0.25) is 4.79 Å². The summed E-state index contributed by atoms with van der Waals surface area (Å²) in [5.41, 5.74) is 8.45. The number of primary amides is 1. The Hall–Kier alpha value is -2.25. The molecule has 0 radical (unpaired) electrons. The average Bonchev–Trinajstić information content (AvgIpc) is 3.48. The summed E-state index contributed by atoms with van der Waals surface area (Å²) in [6, 6.07) is 6.99. The molecule has 0 saturated carbocycles. The van der Waals surface area contributed by atoms with Crippen LogP contribution in [0.3, 0.4) is 0 Å². The van der Waals surface area contributed by atoms with E-state index in [-0.39, 0.29) is 29.8 Å². The van der Waals surface area contributed by atoms with Gasteiger partial charge in [-0.05, 0) is 67.0 Å². The number of rotatable bonds is 10. The van der Waals surface area contributed by atoms with Gasteiger partial charge in [0, 0.05) is 27.4 Å². The zero-order valence-electron chi connectivity index (χ0n) is 20.0. The molecular weight excluding hydrogens is 522 g/mol. The zero-order valence-corrected chi connectivity index (χ0v) is 22.4. The van der Waals surface area contributed by atoms with Crippen LogP contribution in [-0.2, 0) is 26.3 Å². The molecule has 1 aromatic carbocycles. The molecule has 12 heteroatoms. The number of sulfonamides is 1. The molecule has 36 heavy (non-hydrogen) atoms. The van der Waals surface area contributed by atoms with Crippen molar-refractivity contribution in [2.24, 2.45) is 5.73 Å². The van der Waals surface area contributed by atoms with Crippen LogP contribution in [0.4, 0.5) is 0 Å². The SMILES string of the molecule is CC[C@@H](CO)NS(=O)(=O)CCc1ccc(-c2cc(C(N)=O)c3[nH]cc(C4CCS(=O)(=O)CC4)c3c2)s1. The van der Waals surface area contributed by atoms with Crippen LogP contribution in [0.5, 0.6) is 0 Å². The third-order valence-electron chi connectivity index (χ3n) is 6.70. The highest BCUT2D eigenvalue weighted by Gasteiger charge is 2.27. The minimum absolute atomic E-state index is 0.0701. The number of aromatic nitrogens is 1. The number of thiophene rings is 1. The number of hydrogen-bond acceptors (Lipinski definition) is 7. The van der Waals surface area contributed by atoms with Gasteiger partial charge in [-0.2, -0.15) is 0 Å². The Balaban J connectivity index is 1.60. The van der Waals surface area contributed by atoms with Crippen molar-refractivity contribution < 1.29 is 26.7 Å². The smallest absolute Gasteiger partial charge is 0.250 e. The van der Waals surface area contributed by atoms with Crippen molar-refractivity contribution in [1.82, 2.24) is 9.71 Å². The number of carbonyl (C=O) groups excluding carboxylic acids is 1. The van der Waals surface area contributed by atoms with Gasteiger partial charge in [0.05, 0.1) is 34.9 Å². The van der Waals surface area contributed by atoms with Crippen LogP contribution in [-0.4, -0.2) is 62.7 Å². The molecule has 0 bridgehead atoms. The van der Waals surface area contributed by atoms with E-state index < -0.39 is 31.8 Å². The first-order valence-corrected chi connectivity index (χ1v) is 16.2. The normalized spacial score (nSPS) is 17.4. The predicted octanol–water partition coefficient (Wildman–Crippen LogP) is 2.52. The fourth-order valence-corrected chi connectivity index (χ4v) is 8.56. The van der Waals surface area contributed by atoms with Gasteiger partial charge in [-0.15, -0.1) is 11.3 Å². The third kappa shape index (κ3) is 6.00. The Bertz CT molecular complexity index is 1460. The number of fused-ring (bicyclic) bond motifs is 1. The van der Waals surface area contributed by atoms with Crippen LogP contribution in [0.25, 0.3) is 21.3 Å². The molecule has 0 unspecified atom stereocenters. The minimum Gasteiger partial charge on any atom is -0.395 e. The molecule has 9 nitrogen and oxygen atoms in total. The summed E-state index contributed by atoms with van der Waals surface area (Å²) in [4.78, 5) is 17.2. The first-order chi connectivity index (χ1) is 17.0. The van der Waals surface area contributed by atoms with E-state index in [1.807, 2.05) is 24.4 Å². The Morgan fingerprint density at radius 2 is 2.00 bits per heavy atom. The summed E-state index contributed by atoms with van der Waals surface area (Å²) in [6.45, 7) is 1.56. The number of aryl methyl sites for hydroxylation is 1. The third-order valence-corrected chi connectivity index (χ3v) is 11.0. The van der Waals surface area contributed by atoms with E-state index in [0.717, 1.165) is 26.3 Å². The van der Waals surface area contributed by atoms with Crippen molar-refractivity contribution in [2.75, 3.05) is 23.9 Å². The molecule has 3 heterocycles. The quantitative estimate of drug-likeness (QED) is 0.302. The summed E-state index contributed by atoms with van der Waals surface area (Å²) >= 11 is 1.45. The molecule has 5 N–H and O–H groups in total. The van der Waals surface area contributed by atoms with Crippen LogP contribution in [0.15, 0.2) is 30.5 Å². The number of amides is 1. The molecule has 1 aliphatic heterocycles. The van der Waals surface area contributed by atoms with Crippen molar-refractivity contribution in [1.29, 1.82) is 0 Å². The van der Waals surface area contributed by atoms with Gasteiger partial charge in [0.2, 0.25) is 10.0 Å². The van der Waals surface area contributed by atoms with E-state index in [9.17, 15) is 26.7 Å². The molecular formula is C24H31N3O6S3. The topological polar surface area (TPSA) is 159 Å². The Morgan fingerprint density at radius 1 is 1.28 bits per heavy atom.